The van der Waals surface area contributed by atoms with Crippen molar-refractivity contribution in [3.63, 3.8) is 0 Å². The Bertz CT molecular complexity index is 1220. The molecule has 1 fully saturated rings. The predicted molar refractivity (Wildman–Crippen MR) is 125 cm³/mol. The molecular formula is C27H25N3O. The van der Waals surface area contributed by atoms with Crippen molar-refractivity contribution in [2.75, 3.05) is 6.54 Å². The van der Waals surface area contributed by atoms with Gasteiger partial charge in [-0.25, -0.2) is 9.97 Å². The summed E-state index contributed by atoms with van der Waals surface area (Å²) in [5.41, 5.74) is 5.94. The Hall–Kier alpha value is -3.53. The minimum absolute atomic E-state index is 0.0873. The highest BCUT2D eigenvalue weighted by Crippen LogP contribution is 2.31. The van der Waals surface area contributed by atoms with Crippen molar-refractivity contribution < 1.29 is 4.79 Å². The molecule has 0 saturated carbocycles. The second-order valence-electron chi connectivity index (χ2n) is 8.20. The molecule has 4 heteroatoms. The van der Waals surface area contributed by atoms with Gasteiger partial charge in [0.05, 0.1) is 22.4 Å². The van der Waals surface area contributed by atoms with Crippen molar-refractivity contribution >= 4 is 16.9 Å². The summed E-state index contributed by atoms with van der Waals surface area (Å²) >= 11 is 0. The van der Waals surface area contributed by atoms with Gasteiger partial charge < -0.3 is 4.90 Å². The molecular weight excluding hydrogens is 382 g/mol. The van der Waals surface area contributed by atoms with Crippen LogP contribution < -0.4 is 0 Å². The fourth-order valence-corrected chi connectivity index (χ4v) is 4.35. The molecule has 5 rings (SSSR count). The molecule has 31 heavy (non-hydrogen) atoms. The maximum Gasteiger partial charge on any atom is 0.254 e. The van der Waals surface area contributed by atoms with Crippen LogP contribution in [0.5, 0.6) is 0 Å². The van der Waals surface area contributed by atoms with Gasteiger partial charge in [-0.3, -0.25) is 4.79 Å². The standard InChI is InChI=1S/C27H25N3O/c1-19-10-8-9-17-30(19)27(31)22-15-16-23-24(18-22)29-26(21-13-6-3-7-14-21)25(28-23)20-11-4-2-5-12-20/h2-7,11-16,18-19H,8-10,17H2,1H3. The Morgan fingerprint density at radius 2 is 1.42 bits per heavy atom. The first kappa shape index (κ1) is 19.4. The lowest BCUT2D eigenvalue weighted by molar-refractivity contribution is 0.0636. The zero-order valence-corrected chi connectivity index (χ0v) is 17.7. The molecule has 2 heterocycles. The molecule has 154 valence electrons. The Balaban J connectivity index is 1.63. The lowest BCUT2D eigenvalue weighted by atomic mass is 10.0. The second-order valence-corrected chi connectivity index (χ2v) is 8.20. The average Bonchev–Trinajstić information content (AvgIpc) is 2.84. The van der Waals surface area contributed by atoms with Gasteiger partial charge in [-0.2, -0.15) is 0 Å². The first-order valence-electron chi connectivity index (χ1n) is 10.9. The predicted octanol–water partition coefficient (Wildman–Crippen LogP) is 5.98. The molecule has 1 unspecified atom stereocenters. The zero-order chi connectivity index (χ0) is 21.2. The van der Waals surface area contributed by atoms with Crippen molar-refractivity contribution in [3.05, 3.63) is 84.4 Å². The lowest BCUT2D eigenvalue weighted by Gasteiger charge is -2.33. The molecule has 0 N–H and O–H groups in total. The smallest absolute Gasteiger partial charge is 0.254 e. The molecule has 1 aliphatic rings. The number of hydrogen-bond donors (Lipinski definition) is 0. The molecule has 0 aliphatic carbocycles. The van der Waals surface area contributed by atoms with E-state index >= 15 is 0 Å². The third-order valence-electron chi connectivity index (χ3n) is 6.07. The van der Waals surface area contributed by atoms with E-state index < -0.39 is 0 Å². The van der Waals surface area contributed by atoms with Gasteiger partial charge in [-0.05, 0) is 44.4 Å². The first-order valence-corrected chi connectivity index (χ1v) is 10.9. The minimum atomic E-state index is 0.0873. The monoisotopic (exact) mass is 407 g/mol. The van der Waals surface area contributed by atoms with Gasteiger partial charge in [0.2, 0.25) is 0 Å². The van der Waals surface area contributed by atoms with Crippen molar-refractivity contribution in [1.82, 2.24) is 14.9 Å². The van der Waals surface area contributed by atoms with Gasteiger partial charge in [-0.15, -0.1) is 0 Å². The summed E-state index contributed by atoms with van der Waals surface area (Å²) in [7, 11) is 0. The number of aromatic nitrogens is 2. The fraction of sp³-hybridized carbons (Fsp3) is 0.222. The van der Waals surface area contributed by atoms with Crippen LogP contribution in [0.1, 0.15) is 36.5 Å². The number of amides is 1. The van der Waals surface area contributed by atoms with Crippen LogP contribution in [0.2, 0.25) is 0 Å². The Labute approximate surface area is 182 Å². The minimum Gasteiger partial charge on any atom is -0.336 e. The van der Waals surface area contributed by atoms with Crippen LogP contribution in [0.15, 0.2) is 78.9 Å². The molecule has 4 nitrogen and oxygen atoms in total. The number of likely N-dealkylation sites (tertiary alicyclic amines) is 1. The summed E-state index contributed by atoms with van der Waals surface area (Å²) < 4.78 is 0. The molecule has 1 atom stereocenters. The number of hydrogen-bond acceptors (Lipinski definition) is 3. The van der Waals surface area contributed by atoms with Crippen molar-refractivity contribution in [3.8, 4) is 22.5 Å². The van der Waals surface area contributed by atoms with E-state index in [-0.39, 0.29) is 11.9 Å². The van der Waals surface area contributed by atoms with Crippen LogP contribution in [0.4, 0.5) is 0 Å². The van der Waals surface area contributed by atoms with E-state index in [4.69, 9.17) is 9.97 Å². The quantitative estimate of drug-likeness (QED) is 0.420. The third-order valence-corrected chi connectivity index (χ3v) is 6.07. The normalized spacial score (nSPS) is 16.4. The number of fused-ring (bicyclic) bond motifs is 1. The van der Waals surface area contributed by atoms with Crippen LogP contribution in [0.3, 0.4) is 0 Å². The summed E-state index contributed by atoms with van der Waals surface area (Å²) in [6, 6.07) is 26.2. The third kappa shape index (κ3) is 3.81. The summed E-state index contributed by atoms with van der Waals surface area (Å²) in [6.07, 6.45) is 3.33. The fourth-order valence-electron chi connectivity index (χ4n) is 4.35. The summed E-state index contributed by atoms with van der Waals surface area (Å²) in [5.74, 6) is 0.0873. The molecule has 1 aliphatic heterocycles. The Kier molecular flexibility index (Phi) is 5.21. The first-order chi connectivity index (χ1) is 15.2. The van der Waals surface area contributed by atoms with E-state index in [1.165, 1.54) is 6.42 Å². The maximum atomic E-state index is 13.2. The van der Waals surface area contributed by atoms with E-state index in [0.717, 1.165) is 52.9 Å². The Morgan fingerprint density at radius 1 is 0.806 bits per heavy atom. The van der Waals surface area contributed by atoms with E-state index in [9.17, 15) is 4.79 Å². The van der Waals surface area contributed by atoms with E-state index in [1.807, 2.05) is 71.6 Å². The van der Waals surface area contributed by atoms with Gasteiger partial charge in [0, 0.05) is 29.3 Å². The van der Waals surface area contributed by atoms with Gasteiger partial charge in [0.1, 0.15) is 0 Å². The van der Waals surface area contributed by atoms with Gasteiger partial charge in [-0.1, -0.05) is 60.7 Å². The number of carbonyl (C=O) groups excluding carboxylic acids is 1. The Morgan fingerprint density at radius 3 is 2.03 bits per heavy atom. The molecule has 1 aromatic heterocycles. The largest absolute Gasteiger partial charge is 0.336 e. The van der Waals surface area contributed by atoms with Gasteiger partial charge in [0.25, 0.3) is 5.91 Å². The topological polar surface area (TPSA) is 46.1 Å². The van der Waals surface area contributed by atoms with E-state index in [2.05, 4.69) is 19.1 Å². The lowest BCUT2D eigenvalue weighted by Crippen LogP contribution is -2.42. The zero-order valence-electron chi connectivity index (χ0n) is 17.7. The molecule has 0 bridgehead atoms. The summed E-state index contributed by atoms with van der Waals surface area (Å²) in [6.45, 7) is 2.96. The number of rotatable bonds is 3. The van der Waals surface area contributed by atoms with Crippen LogP contribution in [0.25, 0.3) is 33.5 Å². The molecule has 0 radical (unpaired) electrons. The summed E-state index contributed by atoms with van der Waals surface area (Å²) in [4.78, 5) is 25.1. The highest BCUT2D eigenvalue weighted by Gasteiger charge is 2.24. The second kappa shape index (κ2) is 8.31. The van der Waals surface area contributed by atoms with Crippen LogP contribution in [0, 0.1) is 0 Å². The van der Waals surface area contributed by atoms with E-state index in [0.29, 0.717) is 5.56 Å². The van der Waals surface area contributed by atoms with Crippen LogP contribution in [-0.2, 0) is 0 Å². The highest BCUT2D eigenvalue weighted by atomic mass is 16.2. The highest BCUT2D eigenvalue weighted by molar-refractivity contribution is 5.98. The average molecular weight is 408 g/mol. The number of piperidine rings is 1. The van der Waals surface area contributed by atoms with Crippen molar-refractivity contribution in [2.24, 2.45) is 0 Å². The van der Waals surface area contributed by atoms with Crippen molar-refractivity contribution in [1.29, 1.82) is 0 Å². The summed E-state index contributed by atoms with van der Waals surface area (Å²) in [5, 5.41) is 0. The van der Waals surface area contributed by atoms with Gasteiger partial charge in [0.15, 0.2) is 0 Å². The molecule has 1 saturated heterocycles. The SMILES string of the molecule is CC1CCCCN1C(=O)c1ccc2nc(-c3ccccc3)c(-c3ccccc3)nc2c1. The molecule has 0 spiro atoms. The van der Waals surface area contributed by atoms with Crippen LogP contribution in [-0.4, -0.2) is 33.4 Å². The molecule has 3 aromatic carbocycles. The van der Waals surface area contributed by atoms with E-state index in [1.54, 1.807) is 0 Å². The van der Waals surface area contributed by atoms with Crippen LogP contribution >= 0.6 is 0 Å². The van der Waals surface area contributed by atoms with Crippen molar-refractivity contribution in [2.45, 2.75) is 32.2 Å². The number of benzene rings is 3. The molecule has 4 aromatic rings. The molecule has 1 amide bonds. The number of carbonyl (C=O) groups is 1. The number of nitrogens with zero attached hydrogens (tertiary/aromatic N) is 3. The maximum absolute atomic E-state index is 13.2. The van der Waals surface area contributed by atoms with Gasteiger partial charge >= 0.3 is 0 Å².